The standard InChI is InChI=1S/C14H15BrN2O2/c1-8-2-3-9(6-11(8)15)16-12-7-13(18)17(14(12)19)10-4-5-10/h2-3,6,10,12,16H,4-5,7H2,1H3. The molecule has 100 valence electrons. The highest BCUT2D eigenvalue weighted by Gasteiger charge is 2.46. The van der Waals surface area contributed by atoms with Crippen LogP contribution in [0.2, 0.25) is 0 Å². The molecule has 4 nitrogen and oxygen atoms in total. The predicted octanol–water partition coefficient (Wildman–Crippen LogP) is 2.46. The molecule has 1 unspecified atom stereocenters. The lowest BCUT2D eigenvalue weighted by Crippen LogP contribution is -2.36. The van der Waals surface area contributed by atoms with Crippen molar-refractivity contribution in [1.29, 1.82) is 0 Å². The fourth-order valence-electron chi connectivity index (χ4n) is 2.36. The largest absolute Gasteiger partial charge is 0.373 e. The summed E-state index contributed by atoms with van der Waals surface area (Å²) in [6.45, 7) is 2.01. The summed E-state index contributed by atoms with van der Waals surface area (Å²) in [5.41, 5.74) is 2.00. The van der Waals surface area contributed by atoms with Crippen LogP contribution in [-0.2, 0) is 9.59 Å². The second kappa shape index (κ2) is 4.63. The first-order valence-corrected chi connectivity index (χ1v) is 7.24. The van der Waals surface area contributed by atoms with Gasteiger partial charge in [0.15, 0.2) is 0 Å². The number of amides is 2. The maximum atomic E-state index is 12.2. The Labute approximate surface area is 120 Å². The van der Waals surface area contributed by atoms with Crippen molar-refractivity contribution in [3.63, 3.8) is 0 Å². The highest BCUT2D eigenvalue weighted by atomic mass is 79.9. The Morgan fingerprint density at radius 2 is 2.05 bits per heavy atom. The summed E-state index contributed by atoms with van der Waals surface area (Å²) >= 11 is 3.47. The quantitative estimate of drug-likeness (QED) is 0.870. The molecule has 0 bridgehead atoms. The van der Waals surface area contributed by atoms with Gasteiger partial charge < -0.3 is 5.32 Å². The zero-order valence-corrected chi connectivity index (χ0v) is 12.2. The van der Waals surface area contributed by atoms with E-state index in [1.165, 1.54) is 4.90 Å². The number of halogens is 1. The number of hydrogen-bond donors (Lipinski definition) is 1. The topological polar surface area (TPSA) is 49.4 Å². The van der Waals surface area contributed by atoms with Gasteiger partial charge in [-0.15, -0.1) is 0 Å². The van der Waals surface area contributed by atoms with Crippen molar-refractivity contribution >= 4 is 33.4 Å². The first kappa shape index (κ1) is 12.7. The van der Waals surface area contributed by atoms with Crippen LogP contribution in [0.25, 0.3) is 0 Å². The Morgan fingerprint density at radius 1 is 1.32 bits per heavy atom. The van der Waals surface area contributed by atoms with Gasteiger partial charge in [0, 0.05) is 16.2 Å². The molecular weight excluding hydrogens is 308 g/mol. The number of rotatable bonds is 3. The van der Waals surface area contributed by atoms with Gasteiger partial charge in [-0.1, -0.05) is 22.0 Å². The van der Waals surface area contributed by atoms with Crippen LogP contribution in [0.5, 0.6) is 0 Å². The Kier molecular flexibility index (Phi) is 3.09. The summed E-state index contributed by atoms with van der Waals surface area (Å²) in [5.74, 6) is -0.125. The number of carbonyl (C=O) groups excluding carboxylic acids is 2. The number of aryl methyl sites for hydroxylation is 1. The molecular formula is C14H15BrN2O2. The molecule has 1 heterocycles. The van der Waals surface area contributed by atoms with Crippen LogP contribution >= 0.6 is 15.9 Å². The lowest BCUT2D eigenvalue weighted by Gasteiger charge is -2.15. The molecule has 19 heavy (non-hydrogen) atoms. The molecule has 1 aromatic carbocycles. The van der Waals surface area contributed by atoms with Gasteiger partial charge in [-0.3, -0.25) is 14.5 Å². The molecule has 1 saturated heterocycles. The van der Waals surface area contributed by atoms with E-state index < -0.39 is 6.04 Å². The first-order chi connectivity index (χ1) is 9.06. The fourth-order valence-corrected chi connectivity index (χ4v) is 2.74. The van der Waals surface area contributed by atoms with Crippen molar-refractivity contribution in [3.8, 4) is 0 Å². The van der Waals surface area contributed by atoms with Crippen molar-refractivity contribution in [1.82, 2.24) is 4.90 Å². The zero-order valence-electron chi connectivity index (χ0n) is 10.6. The highest BCUT2D eigenvalue weighted by molar-refractivity contribution is 9.10. The predicted molar refractivity (Wildman–Crippen MR) is 75.8 cm³/mol. The molecule has 1 atom stereocenters. The summed E-state index contributed by atoms with van der Waals surface area (Å²) in [5, 5.41) is 3.16. The Morgan fingerprint density at radius 3 is 2.68 bits per heavy atom. The average molecular weight is 323 g/mol. The van der Waals surface area contributed by atoms with Crippen LogP contribution in [-0.4, -0.2) is 28.8 Å². The molecule has 1 saturated carbocycles. The van der Waals surface area contributed by atoms with Gasteiger partial charge in [-0.05, 0) is 37.5 Å². The molecule has 5 heteroatoms. The molecule has 1 aliphatic carbocycles. The number of benzene rings is 1. The van der Waals surface area contributed by atoms with Crippen molar-refractivity contribution in [2.24, 2.45) is 0 Å². The zero-order chi connectivity index (χ0) is 13.6. The maximum absolute atomic E-state index is 12.2. The molecule has 1 aliphatic heterocycles. The SMILES string of the molecule is Cc1ccc(NC2CC(=O)N(C3CC3)C2=O)cc1Br. The maximum Gasteiger partial charge on any atom is 0.252 e. The van der Waals surface area contributed by atoms with Crippen molar-refractivity contribution in [2.45, 2.75) is 38.3 Å². The van der Waals surface area contributed by atoms with E-state index in [-0.39, 0.29) is 24.3 Å². The lowest BCUT2D eigenvalue weighted by molar-refractivity contribution is -0.139. The van der Waals surface area contributed by atoms with Gasteiger partial charge in [0.25, 0.3) is 5.91 Å². The van der Waals surface area contributed by atoms with E-state index in [9.17, 15) is 9.59 Å². The highest BCUT2D eigenvalue weighted by Crippen LogP contribution is 2.32. The number of likely N-dealkylation sites (tertiary alicyclic amines) is 1. The van der Waals surface area contributed by atoms with Crippen molar-refractivity contribution in [3.05, 3.63) is 28.2 Å². The van der Waals surface area contributed by atoms with Crippen LogP contribution in [0.15, 0.2) is 22.7 Å². The van der Waals surface area contributed by atoms with Gasteiger partial charge in [0.2, 0.25) is 5.91 Å². The summed E-state index contributed by atoms with van der Waals surface area (Å²) in [6, 6.07) is 5.59. The van der Waals surface area contributed by atoms with Crippen LogP contribution < -0.4 is 5.32 Å². The minimum atomic E-state index is -0.414. The number of nitrogens with zero attached hydrogens (tertiary/aromatic N) is 1. The van der Waals surface area contributed by atoms with Gasteiger partial charge >= 0.3 is 0 Å². The molecule has 0 radical (unpaired) electrons. The molecule has 1 N–H and O–H groups in total. The van der Waals surface area contributed by atoms with E-state index in [1.807, 2.05) is 25.1 Å². The van der Waals surface area contributed by atoms with Crippen LogP contribution in [0.1, 0.15) is 24.8 Å². The Bertz CT molecular complexity index is 554. The van der Waals surface area contributed by atoms with Gasteiger partial charge in [-0.2, -0.15) is 0 Å². The normalized spacial score (nSPS) is 23.1. The summed E-state index contributed by atoms with van der Waals surface area (Å²) < 4.78 is 0.994. The summed E-state index contributed by atoms with van der Waals surface area (Å²) in [6.07, 6.45) is 2.18. The van der Waals surface area contributed by atoms with E-state index in [1.54, 1.807) is 0 Å². The molecule has 2 fully saturated rings. The minimum absolute atomic E-state index is 0.0452. The Hall–Kier alpha value is -1.36. The second-order valence-corrected chi connectivity index (χ2v) is 6.05. The van der Waals surface area contributed by atoms with Crippen molar-refractivity contribution in [2.75, 3.05) is 5.32 Å². The fraction of sp³-hybridized carbons (Fsp3) is 0.429. The van der Waals surface area contributed by atoms with Crippen LogP contribution in [0.3, 0.4) is 0 Å². The molecule has 1 aromatic rings. The van der Waals surface area contributed by atoms with E-state index in [2.05, 4.69) is 21.2 Å². The van der Waals surface area contributed by atoms with Crippen LogP contribution in [0, 0.1) is 6.92 Å². The third kappa shape index (κ3) is 2.39. The summed E-state index contributed by atoms with van der Waals surface area (Å²) in [7, 11) is 0. The number of hydrogen-bond acceptors (Lipinski definition) is 3. The number of carbonyl (C=O) groups is 2. The smallest absolute Gasteiger partial charge is 0.252 e. The number of nitrogens with one attached hydrogen (secondary N) is 1. The average Bonchev–Trinajstić information content (AvgIpc) is 3.13. The van der Waals surface area contributed by atoms with E-state index >= 15 is 0 Å². The third-order valence-corrected chi connectivity index (χ3v) is 4.46. The van der Waals surface area contributed by atoms with E-state index in [0.717, 1.165) is 28.6 Å². The molecule has 2 aliphatic rings. The summed E-state index contributed by atoms with van der Waals surface area (Å²) in [4.78, 5) is 25.5. The van der Waals surface area contributed by atoms with Gasteiger partial charge in [-0.25, -0.2) is 0 Å². The van der Waals surface area contributed by atoms with Gasteiger partial charge in [0.1, 0.15) is 6.04 Å². The van der Waals surface area contributed by atoms with Crippen molar-refractivity contribution < 1.29 is 9.59 Å². The van der Waals surface area contributed by atoms with Gasteiger partial charge in [0.05, 0.1) is 6.42 Å². The number of anilines is 1. The van der Waals surface area contributed by atoms with E-state index in [0.29, 0.717) is 0 Å². The molecule has 0 spiro atoms. The third-order valence-electron chi connectivity index (χ3n) is 3.61. The first-order valence-electron chi connectivity index (χ1n) is 6.45. The second-order valence-electron chi connectivity index (χ2n) is 5.20. The number of imide groups is 1. The minimum Gasteiger partial charge on any atom is -0.373 e. The monoisotopic (exact) mass is 322 g/mol. The van der Waals surface area contributed by atoms with E-state index in [4.69, 9.17) is 0 Å². The lowest BCUT2D eigenvalue weighted by atomic mass is 10.2. The Balaban J connectivity index is 1.74. The molecule has 3 rings (SSSR count). The van der Waals surface area contributed by atoms with Crippen LogP contribution in [0.4, 0.5) is 5.69 Å². The molecule has 0 aromatic heterocycles. The molecule has 2 amide bonds.